The molecule has 4 heteroatoms. The van der Waals surface area contributed by atoms with E-state index in [2.05, 4.69) is 146 Å². The van der Waals surface area contributed by atoms with Crippen LogP contribution in [0.5, 0.6) is 0 Å². The predicted octanol–water partition coefficient (Wildman–Crippen LogP) is 13.0. The van der Waals surface area contributed by atoms with E-state index in [9.17, 15) is 0 Å². The molecule has 2 saturated carbocycles. The minimum atomic E-state index is -1.33. The highest BCUT2D eigenvalue weighted by atomic mass is 32.2. The monoisotopic (exact) mass is 723 g/mol. The van der Waals surface area contributed by atoms with Crippen LogP contribution in [-0.4, -0.2) is 24.6 Å². The van der Waals surface area contributed by atoms with Gasteiger partial charge in [0.1, 0.15) is 11.0 Å². The number of nitrogens with zero attached hydrogens (tertiary/aromatic N) is 1. The van der Waals surface area contributed by atoms with E-state index in [1.165, 1.54) is 113 Å². The van der Waals surface area contributed by atoms with E-state index in [-0.39, 0.29) is 6.04 Å². The summed E-state index contributed by atoms with van der Waals surface area (Å²) in [6.07, 6.45) is 13.6. The molecule has 6 aromatic carbocycles. The summed E-state index contributed by atoms with van der Waals surface area (Å²) in [6.45, 7) is 7.04. The van der Waals surface area contributed by atoms with Crippen molar-refractivity contribution in [1.29, 1.82) is 0 Å². The molecule has 0 unspecified atom stereocenters. The van der Waals surface area contributed by atoms with Gasteiger partial charge in [0.05, 0.1) is 10.8 Å². The molecule has 2 atom stereocenters. The molecule has 0 aliphatic heterocycles. The van der Waals surface area contributed by atoms with Crippen molar-refractivity contribution in [2.75, 3.05) is 0 Å². The Hall–Kier alpha value is -3.36. The summed E-state index contributed by atoms with van der Waals surface area (Å²) in [6, 6.07) is 44.9. The minimum Gasteiger partial charge on any atom is -0.242 e. The highest BCUT2D eigenvalue weighted by Crippen LogP contribution is 2.56. The first-order chi connectivity index (χ1) is 25.4. The largest absolute Gasteiger partial charge is 0.242 e. The highest BCUT2D eigenvalue weighted by Gasteiger charge is 2.39. The Morgan fingerprint density at radius 2 is 1.08 bits per heavy atom. The fourth-order valence-corrected chi connectivity index (χ4v) is 14.7. The summed E-state index contributed by atoms with van der Waals surface area (Å²) in [4.78, 5) is 0. The molecule has 2 aliphatic rings. The molecule has 2 fully saturated rings. The average Bonchev–Trinajstić information content (AvgIpc) is 3.18. The molecule has 0 N–H and O–H groups in total. The van der Waals surface area contributed by atoms with E-state index in [4.69, 9.17) is 0 Å². The fourth-order valence-electron chi connectivity index (χ4n) is 9.36. The maximum Gasteiger partial charge on any atom is 0.101 e. The minimum absolute atomic E-state index is 0.183. The molecular weight excluding hydrogens is 670 g/mol. The molecule has 0 spiro atoms. The molecule has 0 radical (unpaired) electrons. The molecular formula is C48H54NOPS. The zero-order valence-electron chi connectivity index (χ0n) is 31.3. The molecule has 2 aliphatic carbocycles. The number of hydrogen-bond donors (Lipinski definition) is 0. The van der Waals surface area contributed by atoms with E-state index in [1.54, 1.807) is 5.30 Å². The van der Waals surface area contributed by atoms with Crippen LogP contribution in [-0.2, 0) is 17.5 Å². The van der Waals surface area contributed by atoms with Gasteiger partial charge in [0.25, 0.3) is 0 Å². The molecule has 0 bridgehead atoms. The summed E-state index contributed by atoms with van der Waals surface area (Å²) in [5, 5.41) is 9.02. The van der Waals surface area contributed by atoms with Crippen molar-refractivity contribution in [1.82, 2.24) is 4.31 Å². The van der Waals surface area contributed by atoms with Gasteiger partial charge in [-0.3, -0.25) is 0 Å². The van der Waals surface area contributed by atoms with Crippen LogP contribution in [0.15, 0.2) is 121 Å². The van der Waals surface area contributed by atoms with Crippen LogP contribution in [0.4, 0.5) is 0 Å². The Labute approximate surface area is 315 Å². The number of fused-ring (bicyclic) bond motifs is 3. The van der Waals surface area contributed by atoms with Crippen LogP contribution in [0, 0.1) is 0 Å². The first-order valence-electron chi connectivity index (χ1n) is 19.8. The van der Waals surface area contributed by atoms with Gasteiger partial charge in [0.2, 0.25) is 0 Å². The lowest BCUT2D eigenvalue weighted by molar-refractivity contribution is 0.374. The first-order valence-corrected chi connectivity index (χ1v) is 22.4. The van der Waals surface area contributed by atoms with Crippen molar-refractivity contribution in [2.24, 2.45) is 0 Å². The maximum absolute atomic E-state index is 15.5. The SMILES string of the molecule is CC(C)(C)[S@@](=O)N(Cc1c2ccccc2cc2ccccc12)[C@H](c1ccccc1P(C1CCCCC1)C1CCCCC1)c1cccc2ccccc12. The Bertz CT molecular complexity index is 2110. The fraction of sp³-hybridized carbons (Fsp3) is 0.375. The predicted molar refractivity (Wildman–Crippen MR) is 227 cm³/mol. The smallest absolute Gasteiger partial charge is 0.101 e. The third-order valence-corrected chi connectivity index (χ3v) is 17.2. The molecule has 0 amide bonds. The third-order valence-electron chi connectivity index (χ3n) is 11.8. The second-order valence-electron chi connectivity index (χ2n) is 16.3. The molecule has 0 saturated heterocycles. The van der Waals surface area contributed by atoms with Crippen molar-refractivity contribution < 1.29 is 4.21 Å². The molecule has 0 heterocycles. The molecule has 268 valence electrons. The first kappa shape index (κ1) is 35.7. The summed E-state index contributed by atoms with van der Waals surface area (Å²) in [5.41, 5.74) is 5.43. The number of rotatable bonds is 9. The Morgan fingerprint density at radius 3 is 1.67 bits per heavy atom. The van der Waals surface area contributed by atoms with Gasteiger partial charge in [-0.25, -0.2) is 8.51 Å². The number of hydrogen-bond acceptors (Lipinski definition) is 1. The van der Waals surface area contributed by atoms with E-state index in [0.717, 1.165) is 11.3 Å². The molecule has 0 aromatic heterocycles. The van der Waals surface area contributed by atoms with Crippen molar-refractivity contribution >= 4 is 56.5 Å². The summed E-state index contributed by atoms with van der Waals surface area (Å²) in [5.74, 6) is 0. The lowest BCUT2D eigenvalue weighted by Gasteiger charge is -2.42. The Balaban J connectivity index is 1.40. The summed E-state index contributed by atoms with van der Waals surface area (Å²) < 4.78 is 17.4. The second-order valence-corrected chi connectivity index (χ2v) is 21.2. The normalized spacial score (nSPS) is 17.7. The van der Waals surface area contributed by atoms with Crippen LogP contribution in [0.3, 0.4) is 0 Å². The Morgan fingerprint density at radius 1 is 0.596 bits per heavy atom. The van der Waals surface area contributed by atoms with Crippen LogP contribution in [0.25, 0.3) is 32.3 Å². The van der Waals surface area contributed by atoms with Gasteiger partial charge < -0.3 is 0 Å². The van der Waals surface area contributed by atoms with Crippen molar-refractivity contribution in [3.63, 3.8) is 0 Å². The average molecular weight is 724 g/mol. The van der Waals surface area contributed by atoms with Crippen LogP contribution >= 0.6 is 7.92 Å². The van der Waals surface area contributed by atoms with Gasteiger partial charge in [0.15, 0.2) is 0 Å². The molecule has 8 rings (SSSR count). The summed E-state index contributed by atoms with van der Waals surface area (Å²) >= 11 is 0. The lowest BCUT2D eigenvalue weighted by atomic mass is 9.92. The second kappa shape index (κ2) is 15.5. The van der Waals surface area contributed by atoms with Crippen LogP contribution in [0.1, 0.15) is 108 Å². The van der Waals surface area contributed by atoms with E-state index in [1.807, 2.05) is 0 Å². The third kappa shape index (κ3) is 7.14. The van der Waals surface area contributed by atoms with Gasteiger partial charge >= 0.3 is 0 Å². The van der Waals surface area contributed by atoms with Crippen molar-refractivity contribution in [3.05, 3.63) is 138 Å². The van der Waals surface area contributed by atoms with Crippen LogP contribution in [0.2, 0.25) is 0 Å². The van der Waals surface area contributed by atoms with E-state index in [0.29, 0.717) is 6.54 Å². The topological polar surface area (TPSA) is 20.3 Å². The maximum atomic E-state index is 15.5. The molecule has 6 aromatic rings. The quantitative estimate of drug-likeness (QED) is 0.107. The number of benzene rings is 6. The van der Waals surface area contributed by atoms with Gasteiger partial charge in [-0.1, -0.05) is 162 Å². The van der Waals surface area contributed by atoms with Crippen molar-refractivity contribution in [2.45, 2.75) is 114 Å². The summed E-state index contributed by atoms with van der Waals surface area (Å²) in [7, 11) is -1.72. The zero-order chi connectivity index (χ0) is 35.7. The van der Waals surface area contributed by atoms with Gasteiger partial charge in [-0.15, -0.1) is 0 Å². The highest BCUT2D eigenvalue weighted by molar-refractivity contribution is 7.84. The van der Waals surface area contributed by atoms with E-state index >= 15 is 4.21 Å². The van der Waals surface area contributed by atoms with Crippen molar-refractivity contribution in [3.8, 4) is 0 Å². The van der Waals surface area contributed by atoms with Gasteiger partial charge in [0, 0.05) is 6.54 Å². The standard InChI is InChI=1S/C48H54NOPS/c1-48(2,3)52(50)49(34-45-41-28-14-11-20-36(41)33-37-21-12-15-29-42(37)45)47(43-31-18-22-35-19-10-13-27-40(35)43)44-30-16-17-32-46(44)51(38-23-6-4-7-24-38)39-25-8-5-9-26-39/h10-22,27-33,38-39,47H,4-9,23-26,34H2,1-3H3/t47-,52+/m0/s1. The molecule has 2 nitrogen and oxygen atoms in total. The van der Waals surface area contributed by atoms with E-state index < -0.39 is 23.7 Å². The van der Waals surface area contributed by atoms with Crippen LogP contribution < -0.4 is 5.30 Å². The lowest BCUT2D eigenvalue weighted by Crippen LogP contribution is -2.41. The Kier molecular flexibility index (Phi) is 10.7. The molecule has 52 heavy (non-hydrogen) atoms. The zero-order valence-corrected chi connectivity index (χ0v) is 33.0. The van der Waals surface area contributed by atoms with Gasteiger partial charge in [-0.05, 0) is 118 Å². The van der Waals surface area contributed by atoms with Gasteiger partial charge in [-0.2, -0.15) is 0 Å².